The topological polar surface area (TPSA) is 44.5 Å². The fourth-order valence-electron chi connectivity index (χ4n) is 1.99. The van der Waals surface area contributed by atoms with E-state index in [1.165, 1.54) is 7.11 Å². The van der Waals surface area contributed by atoms with Crippen molar-refractivity contribution < 1.29 is 13.9 Å². The number of ether oxygens (including phenoxy) is 2. The van der Waals surface area contributed by atoms with Gasteiger partial charge >= 0.3 is 0 Å². The minimum Gasteiger partial charge on any atom is -0.494 e. The maximum Gasteiger partial charge on any atom is 0.171 e. The molecule has 0 unspecified atom stereocenters. The molecule has 0 bridgehead atoms. The van der Waals surface area contributed by atoms with Crippen molar-refractivity contribution in [3.05, 3.63) is 57.8 Å². The van der Waals surface area contributed by atoms with Crippen molar-refractivity contribution in [3.63, 3.8) is 0 Å². The highest BCUT2D eigenvalue weighted by molar-refractivity contribution is 9.10. The van der Waals surface area contributed by atoms with Crippen molar-refractivity contribution in [2.24, 2.45) is 5.73 Å². The standard InChI is InChI=1S/C16H17BrFNO2/c1-10(19)13-7-6-12(17)8-15(13)21-9-11-4-3-5-14(20-2)16(11)18/h3-8,10H,9,19H2,1-2H3/t10-/m1/s1. The first-order valence-electron chi connectivity index (χ1n) is 6.52. The molecular weight excluding hydrogens is 337 g/mol. The Morgan fingerprint density at radius 2 is 2.00 bits per heavy atom. The molecule has 3 nitrogen and oxygen atoms in total. The Kier molecular flexibility index (Phi) is 5.20. The maximum atomic E-state index is 14.1. The van der Waals surface area contributed by atoms with E-state index >= 15 is 0 Å². The van der Waals surface area contributed by atoms with Gasteiger partial charge in [-0.3, -0.25) is 0 Å². The third kappa shape index (κ3) is 3.74. The summed E-state index contributed by atoms with van der Waals surface area (Å²) in [5, 5.41) is 0. The van der Waals surface area contributed by atoms with Gasteiger partial charge in [-0.1, -0.05) is 34.1 Å². The second kappa shape index (κ2) is 6.91. The van der Waals surface area contributed by atoms with E-state index in [0.717, 1.165) is 10.0 Å². The van der Waals surface area contributed by atoms with E-state index in [2.05, 4.69) is 15.9 Å². The molecule has 0 radical (unpaired) electrons. The van der Waals surface area contributed by atoms with E-state index in [4.69, 9.17) is 15.2 Å². The van der Waals surface area contributed by atoms with Crippen LogP contribution in [0, 0.1) is 5.82 Å². The molecule has 0 spiro atoms. The molecule has 0 saturated heterocycles. The minimum absolute atomic E-state index is 0.110. The van der Waals surface area contributed by atoms with Crippen LogP contribution in [0.2, 0.25) is 0 Å². The van der Waals surface area contributed by atoms with Crippen LogP contribution in [0.25, 0.3) is 0 Å². The lowest BCUT2D eigenvalue weighted by Gasteiger charge is -2.15. The van der Waals surface area contributed by atoms with Crippen molar-refractivity contribution in [2.45, 2.75) is 19.6 Å². The van der Waals surface area contributed by atoms with E-state index in [1.54, 1.807) is 18.2 Å². The summed E-state index contributed by atoms with van der Waals surface area (Å²) in [6.45, 7) is 1.99. The minimum atomic E-state index is -0.405. The Hall–Kier alpha value is -1.59. The van der Waals surface area contributed by atoms with Crippen LogP contribution < -0.4 is 15.2 Å². The first-order chi connectivity index (χ1) is 10.0. The fraction of sp³-hybridized carbons (Fsp3) is 0.250. The smallest absolute Gasteiger partial charge is 0.171 e. The largest absolute Gasteiger partial charge is 0.494 e. The van der Waals surface area contributed by atoms with E-state index in [0.29, 0.717) is 11.3 Å². The average molecular weight is 354 g/mol. The normalized spacial score (nSPS) is 12.0. The first-order valence-corrected chi connectivity index (χ1v) is 7.31. The molecule has 0 heterocycles. The van der Waals surface area contributed by atoms with E-state index in [9.17, 15) is 4.39 Å². The quantitative estimate of drug-likeness (QED) is 0.876. The lowest BCUT2D eigenvalue weighted by atomic mass is 10.1. The molecule has 0 aliphatic carbocycles. The number of benzene rings is 2. The molecule has 21 heavy (non-hydrogen) atoms. The van der Waals surface area contributed by atoms with Crippen molar-refractivity contribution >= 4 is 15.9 Å². The lowest BCUT2D eigenvalue weighted by molar-refractivity contribution is 0.291. The molecule has 2 rings (SSSR count). The third-order valence-corrected chi connectivity index (χ3v) is 3.61. The van der Waals surface area contributed by atoms with Crippen LogP contribution in [-0.4, -0.2) is 7.11 Å². The van der Waals surface area contributed by atoms with Gasteiger partial charge in [-0.25, -0.2) is 4.39 Å². The summed E-state index contributed by atoms with van der Waals surface area (Å²) in [5.74, 6) is 0.441. The van der Waals surface area contributed by atoms with Gasteiger partial charge in [-0.2, -0.15) is 0 Å². The molecule has 0 aliphatic heterocycles. The second-order valence-electron chi connectivity index (χ2n) is 4.69. The molecule has 5 heteroatoms. The summed E-state index contributed by atoms with van der Waals surface area (Å²) in [5.41, 5.74) is 7.23. The Bertz CT molecular complexity index is 632. The van der Waals surface area contributed by atoms with Gasteiger partial charge in [0.1, 0.15) is 12.4 Å². The number of hydrogen-bond acceptors (Lipinski definition) is 3. The van der Waals surface area contributed by atoms with Crippen molar-refractivity contribution in [2.75, 3.05) is 7.11 Å². The Balaban J connectivity index is 2.22. The molecule has 1 atom stereocenters. The van der Waals surface area contributed by atoms with Crippen LogP contribution in [-0.2, 0) is 6.61 Å². The molecule has 0 amide bonds. The molecule has 0 fully saturated rings. The van der Waals surface area contributed by atoms with Crippen molar-refractivity contribution in [1.82, 2.24) is 0 Å². The molecule has 2 N–H and O–H groups in total. The molecule has 2 aromatic carbocycles. The summed E-state index contributed by atoms with van der Waals surface area (Å²) in [7, 11) is 1.44. The number of hydrogen-bond donors (Lipinski definition) is 1. The van der Waals surface area contributed by atoms with Crippen LogP contribution in [0.3, 0.4) is 0 Å². The second-order valence-corrected chi connectivity index (χ2v) is 5.61. The van der Waals surface area contributed by atoms with Gasteiger partial charge in [0, 0.05) is 21.6 Å². The fourth-order valence-corrected chi connectivity index (χ4v) is 2.33. The molecule has 0 aliphatic rings. The highest BCUT2D eigenvalue weighted by Gasteiger charge is 2.12. The molecule has 2 aromatic rings. The van der Waals surface area contributed by atoms with E-state index in [-0.39, 0.29) is 18.4 Å². The van der Waals surface area contributed by atoms with E-state index < -0.39 is 5.82 Å². The van der Waals surface area contributed by atoms with Gasteiger partial charge in [-0.05, 0) is 25.1 Å². The van der Waals surface area contributed by atoms with Crippen molar-refractivity contribution in [3.8, 4) is 11.5 Å². The van der Waals surface area contributed by atoms with Crippen molar-refractivity contribution in [1.29, 1.82) is 0 Å². The summed E-state index contributed by atoms with van der Waals surface area (Å²) < 4.78 is 25.7. The Morgan fingerprint density at radius 3 is 2.67 bits per heavy atom. The van der Waals surface area contributed by atoms with Gasteiger partial charge < -0.3 is 15.2 Å². The monoisotopic (exact) mass is 353 g/mol. The molecule has 112 valence electrons. The SMILES string of the molecule is COc1cccc(COc2cc(Br)ccc2[C@@H](C)N)c1F. The van der Waals surface area contributed by atoms with Crippen LogP contribution in [0.5, 0.6) is 11.5 Å². The predicted molar refractivity (Wildman–Crippen MR) is 84.0 cm³/mol. The highest BCUT2D eigenvalue weighted by atomic mass is 79.9. The average Bonchev–Trinajstić information content (AvgIpc) is 2.46. The maximum absolute atomic E-state index is 14.1. The zero-order valence-corrected chi connectivity index (χ0v) is 13.5. The van der Waals surface area contributed by atoms with E-state index in [1.807, 2.05) is 25.1 Å². The van der Waals surface area contributed by atoms with Gasteiger partial charge in [0.2, 0.25) is 0 Å². The number of nitrogens with two attached hydrogens (primary N) is 1. The summed E-state index contributed by atoms with van der Waals surface area (Å²) in [4.78, 5) is 0. The zero-order valence-electron chi connectivity index (χ0n) is 11.9. The van der Waals surface area contributed by atoms with Crippen LogP contribution in [0.1, 0.15) is 24.1 Å². The number of methoxy groups -OCH3 is 1. The van der Waals surface area contributed by atoms with Crippen LogP contribution >= 0.6 is 15.9 Å². The summed E-state index contributed by atoms with van der Waals surface area (Å²) >= 11 is 3.39. The van der Waals surface area contributed by atoms with Gasteiger partial charge in [0.05, 0.1) is 7.11 Å². The highest BCUT2D eigenvalue weighted by Crippen LogP contribution is 2.29. The lowest BCUT2D eigenvalue weighted by Crippen LogP contribution is -2.08. The number of halogens is 2. The first kappa shape index (κ1) is 15.8. The van der Waals surface area contributed by atoms with Gasteiger partial charge in [0.25, 0.3) is 0 Å². The molecular formula is C16H17BrFNO2. The molecule has 0 aromatic heterocycles. The number of rotatable bonds is 5. The van der Waals surface area contributed by atoms with Gasteiger partial charge in [-0.15, -0.1) is 0 Å². The zero-order chi connectivity index (χ0) is 15.4. The Morgan fingerprint density at radius 1 is 1.24 bits per heavy atom. The van der Waals surface area contributed by atoms with Crippen LogP contribution in [0.4, 0.5) is 4.39 Å². The molecule has 0 saturated carbocycles. The van der Waals surface area contributed by atoms with Gasteiger partial charge in [0.15, 0.2) is 11.6 Å². The Labute approximate surface area is 132 Å². The van der Waals surface area contributed by atoms with Crippen LogP contribution in [0.15, 0.2) is 40.9 Å². The summed E-state index contributed by atoms with van der Waals surface area (Å²) in [6.07, 6.45) is 0. The summed E-state index contributed by atoms with van der Waals surface area (Å²) in [6, 6.07) is 10.4. The third-order valence-electron chi connectivity index (χ3n) is 3.11. The predicted octanol–water partition coefficient (Wildman–Crippen LogP) is 4.20.